The van der Waals surface area contributed by atoms with E-state index >= 15 is 0 Å². The maximum absolute atomic E-state index is 12.8. The van der Waals surface area contributed by atoms with E-state index in [0.29, 0.717) is 12.5 Å². The SMILES string of the molecule is CN=C(NCCc1ccccc1OC)NCc1nccn1C(F)F. The van der Waals surface area contributed by atoms with Crippen molar-refractivity contribution in [3.05, 3.63) is 48.0 Å². The van der Waals surface area contributed by atoms with Crippen molar-refractivity contribution in [2.45, 2.75) is 19.5 Å². The molecule has 1 heterocycles. The minimum Gasteiger partial charge on any atom is -0.496 e. The molecule has 0 bridgehead atoms. The smallest absolute Gasteiger partial charge is 0.319 e. The molecule has 0 atom stereocenters. The zero-order valence-corrected chi connectivity index (χ0v) is 13.7. The second-order valence-corrected chi connectivity index (χ2v) is 4.94. The Morgan fingerprint density at radius 2 is 2.12 bits per heavy atom. The summed E-state index contributed by atoms with van der Waals surface area (Å²) in [5, 5.41) is 6.11. The number of benzene rings is 1. The van der Waals surface area contributed by atoms with Crippen molar-refractivity contribution in [1.82, 2.24) is 20.2 Å². The molecule has 1 aromatic heterocycles. The number of hydrogen-bond acceptors (Lipinski definition) is 3. The van der Waals surface area contributed by atoms with Crippen LogP contribution in [-0.4, -0.2) is 36.2 Å². The summed E-state index contributed by atoms with van der Waals surface area (Å²) in [6.45, 7) is -1.82. The van der Waals surface area contributed by atoms with Crippen LogP contribution in [-0.2, 0) is 13.0 Å². The van der Waals surface area contributed by atoms with Crippen LogP contribution in [0.25, 0.3) is 0 Å². The molecule has 130 valence electrons. The molecule has 0 saturated carbocycles. The van der Waals surface area contributed by atoms with E-state index in [4.69, 9.17) is 4.74 Å². The highest BCUT2D eigenvalue weighted by Crippen LogP contribution is 2.17. The Balaban J connectivity index is 1.83. The van der Waals surface area contributed by atoms with E-state index in [2.05, 4.69) is 20.6 Å². The lowest BCUT2D eigenvalue weighted by molar-refractivity contribution is 0.0668. The Kier molecular flexibility index (Phi) is 6.53. The number of hydrogen-bond donors (Lipinski definition) is 2. The first-order valence-electron chi connectivity index (χ1n) is 7.52. The number of ether oxygens (including phenoxy) is 1. The molecule has 8 heteroatoms. The maximum Gasteiger partial charge on any atom is 0.319 e. The summed E-state index contributed by atoms with van der Waals surface area (Å²) in [5.41, 5.74) is 1.08. The van der Waals surface area contributed by atoms with E-state index in [1.54, 1.807) is 14.2 Å². The molecular weight excluding hydrogens is 316 g/mol. The third kappa shape index (κ3) is 4.68. The van der Waals surface area contributed by atoms with Crippen LogP contribution in [0.5, 0.6) is 5.75 Å². The highest BCUT2D eigenvalue weighted by Gasteiger charge is 2.11. The lowest BCUT2D eigenvalue weighted by Gasteiger charge is -2.13. The first-order chi connectivity index (χ1) is 11.7. The first kappa shape index (κ1) is 17.7. The first-order valence-corrected chi connectivity index (χ1v) is 7.52. The zero-order chi connectivity index (χ0) is 17.4. The van der Waals surface area contributed by atoms with Crippen LogP contribution in [0.4, 0.5) is 8.78 Å². The quantitative estimate of drug-likeness (QED) is 0.601. The molecule has 0 aliphatic heterocycles. The summed E-state index contributed by atoms with van der Waals surface area (Å²) in [6.07, 6.45) is 3.34. The topological polar surface area (TPSA) is 63.5 Å². The summed E-state index contributed by atoms with van der Waals surface area (Å²) in [6, 6.07) is 7.78. The number of methoxy groups -OCH3 is 1. The summed E-state index contributed by atoms with van der Waals surface area (Å²) in [4.78, 5) is 7.99. The van der Waals surface area contributed by atoms with E-state index in [9.17, 15) is 8.78 Å². The Labute approximate surface area is 139 Å². The normalized spacial score (nSPS) is 11.6. The Bertz CT molecular complexity index is 672. The molecule has 0 radical (unpaired) electrons. The minimum absolute atomic E-state index is 0.158. The lowest BCUT2D eigenvalue weighted by atomic mass is 10.1. The van der Waals surface area contributed by atoms with Gasteiger partial charge in [0, 0.05) is 26.0 Å². The molecule has 2 aromatic rings. The van der Waals surface area contributed by atoms with Crippen molar-refractivity contribution in [1.29, 1.82) is 0 Å². The van der Waals surface area contributed by atoms with E-state index in [0.717, 1.165) is 22.3 Å². The van der Waals surface area contributed by atoms with Crippen LogP contribution < -0.4 is 15.4 Å². The Morgan fingerprint density at radius 1 is 1.33 bits per heavy atom. The van der Waals surface area contributed by atoms with Gasteiger partial charge in [-0.3, -0.25) is 9.56 Å². The second-order valence-electron chi connectivity index (χ2n) is 4.94. The Morgan fingerprint density at radius 3 is 2.83 bits per heavy atom. The average Bonchev–Trinajstić information content (AvgIpc) is 3.07. The van der Waals surface area contributed by atoms with Gasteiger partial charge < -0.3 is 15.4 Å². The van der Waals surface area contributed by atoms with E-state index in [-0.39, 0.29) is 12.4 Å². The number of rotatable bonds is 7. The summed E-state index contributed by atoms with van der Waals surface area (Å²) in [5.74, 6) is 1.60. The van der Waals surface area contributed by atoms with Gasteiger partial charge in [0.05, 0.1) is 13.7 Å². The highest BCUT2D eigenvalue weighted by molar-refractivity contribution is 5.79. The summed E-state index contributed by atoms with van der Waals surface area (Å²) < 4.78 is 31.7. The van der Waals surface area contributed by atoms with Gasteiger partial charge in [-0.15, -0.1) is 0 Å². The number of alkyl halides is 2. The monoisotopic (exact) mass is 337 g/mol. The van der Waals surface area contributed by atoms with Gasteiger partial charge in [-0.1, -0.05) is 18.2 Å². The Hall–Kier alpha value is -2.64. The molecule has 0 aliphatic rings. The van der Waals surface area contributed by atoms with Crippen molar-refractivity contribution in [2.75, 3.05) is 20.7 Å². The molecule has 0 fully saturated rings. The van der Waals surface area contributed by atoms with Gasteiger partial charge >= 0.3 is 6.55 Å². The van der Waals surface area contributed by atoms with Crippen LogP contribution in [0.15, 0.2) is 41.7 Å². The van der Waals surface area contributed by atoms with Crippen molar-refractivity contribution >= 4 is 5.96 Å². The van der Waals surface area contributed by atoms with Crippen molar-refractivity contribution in [3.8, 4) is 5.75 Å². The van der Waals surface area contributed by atoms with Crippen LogP contribution in [0.3, 0.4) is 0 Å². The lowest BCUT2D eigenvalue weighted by Crippen LogP contribution is -2.38. The second kappa shape index (κ2) is 8.85. The average molecular weight is 337 g/mol. The molecule has 2 rings (SSSR count). The molecule has 24 heavy (non-hydrogen) atoms. The minimum atomic E-state index is -2.61. The summed E-state index contributed by atoms with van der Waals surface area (Å²) >= 11 is 0. The zero-order valence-electron chi connectivity index (χ0n) is 13.7. The standard InChI is InChI=1S/C16H21F2N5O/c1-19-16(22-11-14-20-9-10-23(14)15(17)18)21-8-7-12-5-3-4-6-13(12)24-2/h3-6,9-10,15H,7-8,11H2,1-2H3,(H2,19,21,22). The van der Waals surface area contributed by atoms with Gasteiger partial charge in [0.2, 0.25) is 0 Å². The fourth-order valence-corrected chi connectivity index (χ4v) is 2.27. The number of aromatic nitrogens is 2. The fraction of sp³-hybridized carbons (Fsp3) is 0.375. The van der Waals surface area contributed by atoms with Crippen molar-refractivity contribution < 1.29 is 13.5 Å². The molecule has 0 spiro atoms. The molecule has 2 N–H and O–H groups in total. The molecule has 0 unspecified atom stereocenters. The van der Waals surface area contributed by atoms with E-state index in [1.165, 1.54) is 12.4 Å². The van der Waals surface area contributed by atoms with Gasteiger partial charge in [-0.05, 0) is 18.1 Å². The number of nitrogens with zero attached hydrogens (tertiary/aromatic N) is 3. The molecule has 0 amide bonds. The van der Waals surface area contributed by atoms with Gasteiger partial charge in [0.1, 0.15) is 11.6 Å². The van der Waals surface area contributed by atoms with E-state index in [1.807, 2.05) is 24.3 Å². The van der Waals surface area contributed by atoms with Gasteiger partial charge in [0.15, 0.2) is 5.96 Å². The van der Waals surface area contributed by atoms with Crippen LogP contribution in [0, 0.1) is 0 Å². The number of imidazole rings is 1. The van der Waals surface area contributed by atoms with Crippen molar-refractivity contribution in [2.24, 2.45) is 4.99 Å². The third-order valence-corrected chi connectivity index (χ3v) is 3.48. The third-order valence-electron chi connectivity index (χ3n) is 3.48. The molecule has 1 aromatic carbocycles. The molecule has 0 aliphatic carbocycles. The predicted molar refractivity (Wildman–Crippen MR) is 88.4 cm³/mol. The predicted octanol–water partition coefficient (Wildman–Crippen LogP) is 2.19. The van der Waals surface area contributed by atoms with Crippen molar-refractivity contribution in [3.63, 3.8) is 0 Å². The van der Waals surface area contributed by atoms with Crippen LogP contribution >= 0.6 is 0 Å². The molecular formula is C16H21F2N5O. The van der Waals surface area contributed by atoms with Gasteiger partial charge in [-0.2, -0.15) is 8.78 Å². The number of para-hydroxylation sites is 1. The molecule has 0 saturated heterocycles. The van der Waals surface area contributed by atoms with Crippen LogP contribution in [0.1, 0.15) is 17.9 Å². The largest absolute Gasteiger partial charge is 0.496 e. The van der Waals surface area contributed by atoms with E-state index < -0.39 is 6.55 Å². The number of nitrogens with one attached hydrogen (secondary N) is 2. The maximum atomic E-state index is 12.8. The number of halogens is 2. The fourth-order valence-electron chi connectivity index (χ4n) is 2.27. The number of aliphatic imine (C=N–C) groups is 1. The highest BCUT2D eigenvalue weighted by atomic mass is 19.3. The molecule has 6 nitrogen and oxygen atoms in total. The van der Waals surface area contributed by atoms with Crippen LogP contribution in [0.2, 0.25) is 0 Å². The summed E-state index contributed by atoms with van der Waals surface area (Å²) in [7, 11) is 3.26. The number of guanidine groups is 1. The van der Waals surface area contributed by atoms with Gasteiger partial charge in [-0.25, -0.2) is 4.98 Å². The van der Waals surface area contributed by atoms with Gasteiger partial charge in [0.25, 0.3) is 0 Å².